The van der Waals surface area contributed by atoms with Crippen molar-refractivity contribution in [3.8, 4) is 0 Å². The van der Waals surface area contributed by atoms with Crippen LogP contribution < -0.4 is 0 Å². The average molecular weight is 205 g/mol. The summed E-state index contributed by atoms with van der Waals surface area (Å²) in [4.78, 5) is 17.9. The second-order valence-corrected chi connectivity index (χ2v) is 5.58. The summed E-state index contributed by atoms with van der Waals surface area (Å²) in [6, 6.07) is 0. The van der Waals surface area contributed by atoms with Crippen molar-refractivity contribution in [2.45, 2.75) is 13.0 Å². The Morgan fingerprint density at radius 2 is 2.09 bits per heavy atom. The lowest BCUT2D eigenvalue weighted by Gasteiger charge is -1.97. The monoisotopic (exact) mass is 205 g/mol. The third-order valence-corrected chi connectivity index (χ3v) is 2.05. The molecular weight excluding hydrogens is 196 g/mol. The molecule has 0 saturated carbocycles. The second-order valence-electron chi connectivity index (χ2n) is 1.44. The second kappa shape index (κ2) is 10.0. The van der Waals surface area contributed by atoms with Gasteiger partial charge in [0.2, 0.25) is 0 Å². The first-order valence-electron chi connectivity index (χ1n) is 2.66. The van der Waals surface area contributed by atoms with Gasteiger partial charge in [0, 0.05) is 18.3 Å². The first-order valence-corrected chi connectivity index (χ1v) is 7.11. The Morgan fingerprint density at radius 3 is 2.09 bits per heavy atom. The Kier molecular flexibility index (Phi) is 12.4. The zero-order valence-corrected chi connectivity index (χ0v) is 9.29. The number of ether oxygens (including phenoxy) is 1. The lowest BCUT2D eigenvalue weighted by molar-refractivity contribution is -0.149. The summed E-state index contributed by atoms with van der Waals surface area (Å²) in [6.07, 6.45) is -0.995. The number of rotatable bonds is 2. The molecule has 0 rings (SSSR count). The van der Waals surface area contributed by atoms with E-state index in [1.165, 1.54) is 14.0 Å². The number of esters is 1. The third kappa shape index (κ3) is 13.1. The van der Waals surface area contributed by atoms with Crippen molar-refractivity contribution in [1.29, 1.82) is 0 Å². The molecule has 7 radical (unpaired) electrons. The number of aliphatic hydroxyl groups is 1. The number of aliphatic hydroxyl groups excluding tert-OH is 1. The predicted octanol–water partition coefficient (Wildman–Crippen LogP) is -2.16. The van der Waals surface area contributed by atoms with Crippen LogP contribution in [0.25, 0.3) is 0 Å². The van der Waals surface area contributed by atoms with Crippen molar-refractivity contribution >= 4 is 33.6 Å². The van der Waals surface area contributed by atoms with Gasteiger partial charge in [0.25, 0.3) is 0 Å². The molecule has 11 heavy (non-hydrogen) atoms. The highest BCUT2D eigenvalue weighted by Crippen LogP contribution is 1.80. The maximum atomic E-state index is 10.0. The number of carbonyl (C=O) groups excluding carboxylic acids is 1. The van der Waals surface area contributed by atoms with Crippen LogP contribution in [0.5, 0.6) is 0 Å². The van der Waals surface area contributed by atoms with Crippen LogP contribution in [-0.2, 0) is 9.53 Å². The minimum absolute atomic E-state index is 0.0818. The fourth-order valence-corrected chi connectivity index (χ4v) is 0.171. The summed E-state index contributed by atoms with van der Waals surface area (Å²) in [5, 5.41) is 8.35. The van der Waals surface area contributed by atoms with Gasteiger partial charge in [-0.05, 0) is 6.92 Å². The van der Waals surface area contributed by atoms with Gasteiger partial charge in [0.1, 0.15) is 6.10 Å². The lowest BCUT2D eigenvalue weighted by Crippen LogP contribution is -2.16. The first kappa shape index (κ1) is 13.6. The molecule has 0 aliphatic carbocycles. The largest absolute Gasteiger partial charge is 0.467 e. The van der Waals surface area contributed by atoms with Crippen LogP contribution in [0.3, 0.4) is 0 Å². The van der Waals surface area contributed by atoms with E-state index in [1.807, 2.05) is 0 Å². The minimum Gasteiger partial charge on any atom is -0.467 e. The molecule has 0 aromatic rings. The number of methoxy groups -OCH3 is 1. The van der Waals surface area contributed by atoms with E-state index in [-0.39, 0.29) is 9.28 Å². The molecule has 0 aromatic heterocycles. The smallest absolute Gasteiger partial charge is 0.334 e. The molecule has 0 bridgehead atoms. The van der Waals surface area contributed by atoms with Crippen molar-refractivity contribution < 1.29 is 19.4 Å². The molecule has 0 aliphatic heterocycles. The van der Waals surface area contributed by atoms with E-state index in [0.717, 1.165) is 0 Å². The van der Waals surface area contributed by atoms with Crippen LogP contribution in [-0.4, -0.2) is 56.7 Å². The summed E-state index contributed by atoms with van der Waals surface area (Å²) in [6.45, 7) is 1.35. The maximum absolute atomic E-state index is 10.0. The van der Waals surface area contributed by atoms with Crippen molar-refractivity contribution in [3.63, 3.8) is 0 Å². The minimum atomic E-state index is -0.995. The van der Waals surface area contributed by atoms with E-state index in [1.54, 1.807) is 0 Å². The van der Waals surface area contributed by atoms with Crippen LogP contribution >= 0.6 is 0 Å². The third-order valence-electron chi connectivity index (χ3n) is 0.598. The van der Waals surface area contributed by atoms with Crippen molar-refractivity contribution in [1.82, 2.24) is 0 Å². The van der Waals surface area contributed by atoms with E-state index in [0.29, 0.717) is 8.55 Å². The van der Waals surface area contributed by atoms with E-state index in [4.69, 9.17) is 9.90 Å². The van der Waals surface area contributed by atoms with Crippen LogP contribution in [0.1, 0.15) is 6.92 Å². The Hall–Kier alpha value is 0.0406. The highest BCUT2D eigenvalue weighted by Gasteiger charge is 2.05. The molecule has 0 heterocycles. The molecule has 0 spiro atoms. The predicted molar refractivity (Wildman–Crippen MR) is 43.2 cm³/mol. The maximum Gasteiger partial charge on any atom is 0.334 e. The topological polar surface area (TPSA) is 66.8 Å². The van der Waals surface area contributed by atoms with Gasteiger partial charge in [-0.1, -0.05) is 0 Å². The molecule has 4 nitrogen and oxygen atoms in total. The Balaban J connectivity index is 0. The first-order chi connectivity index (χ1) is 5.09. The highest BCUT2D eigenvalue weighted by atomic mass is 29.5. The fourth-order valence-electron chi connectivity index (χ4n) is 0.171. The van der Waals surface area contributed by atoms with Gasteiger partial charge in [0.05, 0.1) is 7.11 Å². The Bertz CT molecular complexity index is 95.3. The summed E-state index contributed by atoms with van der Waals surface area (Å²) in [5.41, 5.74) is 0. The fraction of sp³-hybridized carbons (Fsp3) is 0.750. The zero-order valence-electron chi connectivity index (χ0n) is 6.29. The molecule has 0 fully saturated rings. The van der Waals surface area contributed by atoms with Crippen LogP contribution in [0, 0.1) is 0 Å². The lowest BCUT2D eigenvalue weighted by atomic mass is 10.4. The number of hydrogen-bond donors (Lipinski definition) is 2. The summed E-state index contributed by atoms with van der Waals surface area (Å²) in [7, 11) is 4.92. The van der Waals surface area contributed by atoms with Crippen LogP contribution in [0.4, 0.5) is 0 Å². The normalized spacial score (nSPS) is 11.0. The van der Waals surface area contributed by atoms with E-state index < -0.39 is 12.1 Å². The molecule has 0 saturated heterocycles. The number of carbonyl (C=O) groups is 1. The van der Waals surface area contributed by atoms with E-state index in [2.05, 4.69) is 14.5 Å². The molecule has 7 heteroatoms. The summed E-state index contributed by atoms with van der Waals surface area (Å²) >= 11 is 0. The molecule has 0 aromatic carbocycles. The van der Waals surface area contributed by atoms with Crippen molar-refractivity contribution in [2.24, 2.45) is 0 Å². The Morgan fingerprint density at radius 1 is 1.73 bits per heavy atom. The zero-order chi connectivity index (χ0) is 9.28. The molecule has 0 amide bonds. The van der Waals surface area contributed by atoms with Gasteiger partial charge < -0.3 is 14.6 Å². The standard InChI is InChI=1S/C4H8O3.HOSi3/c1-3(5)4(6)7-2;1-3-4-2/h3,5H,1-2H3;1H. The van der Waals surface area contributed by atoms with Gasteiger partial charge in [-0.3, -0.25) is 0 Å². The van der Waals surface area contributed by atoms with E-state index in [9.17, 15) is 4.79 Å². The van der Waals surface area contributed by atoms with Gasteiger partial charge in [-0.25, -0.2) is 4.79 Å². The van der Waals surface area contributed by atoms with E-state index >= 15 is 0 Å². The summed E-state index contributed by atoms with van der Waals surface area (Å²) < 4.78 is 4.12. The van der Waals surface area contributed by atoms with Gasteiger partial charge in [-0.2, -0.15) is 0 Å². The van der Waals surface area contributed by atoms with Gasteiger partial charge in [-0.15, -0.1) is 0 Å². The van der Waals surface area contributed by atoms with Crippen molar-refractivity contribution in [2.75, 3.05) is 7.11 Å². The molecule has 61 valence electrons. The highest BCUT2D eigenvalue weighted by molar-refractivity contribution is 7.21. The van der Waals surface area contributed by atoms with Gasteiger partial charge in [0.15, 0.2) is 9.28 Å². The average Bonchev–Trinajstić information content (AvgIpc) is 2.03. The molecule has 1 atom stereocenters. The Labute approximate surface area is 73.7 Å². The molecule has 1 unspecified atom stereocenters. The molecular formula is C4H9O4Si3. The number of hydrogen-bond acceptors (Lipinski definition) is 4. The van der Waals surface area contributed by atoms with Crippen LogP contribution in [0.2, 0.25) is 0 Å². The SMILES string of the molecule is COC(=O)C(C)O.O[Si][Si][Si]. The van der Waals surface area contributed by atoms with Crippen molar-refractivity contribution in [3.05, 3.63) is 0 Å². The van der Waals surface area contributed by atoms with Gasteiger partial charge >= 0.3 is 5.97 Å². The summed E-state index contributed by atoms with van der Waals surface area (Å²) in [5.74, 6) is -0.597. The molecule has 2 N–H and O–H groups in total. The molecule has 0 aliphatic rings. The quantitative estimate of drug-likeness (QED) is 0.398. The van der Waals surface area contributed by atoms with Crippen LogP contribution in [0.15, 0.2) is 0 Å².